The average Bonchev–Trinajstić information content (AvgIpc) is 2.25. The SMILES string of the molecule is CN1CCC(C)(C)N2CCCCC2C1. The predicted molar refractivity (Wildman–Crippen MR) is 60.5 cm³/mol. The van der Waals surface area contributed by atoms with Crippen LogP contribution in [0.2, 0.25) is 0 Å². The van der Waals surface area contributed by atoms with Crippen molar-refractivity contribution in [3.63, 3.8) is 0 Å². The Hall–Kier alpha value is -0.0800. The first-order valence-corrected chi connectivity index (χ1v) is 6.05. The Kier molecular flexibility index (Phi) is 2.85. The summed E-state index contributed by atoms with van der Waals surface area (Å²) in [5, 5.41) is 0. The van der Waals surface area contributed by atoms with E-state index in [9.17, 15) is 0 Å². The maximum Gasteiger partial charge on any atom is 0.0228 e. The molecule has 2 fully saturated rings. The van der Waals surface area contributed by atoms with Gasteiger partial charge in [-0.1, -0.05) is 6.42 Å². The number of hydrogen-bond acceptors (Lipinski definition) is 2. The molecule has 2 aliphatic rings. The fourth-order valence-electron chi connectivity index (χ4n) is 3.05. The van der Waals surface area contributed by atoms with E-state index >= 15 is 0 Å². The van der Waals surface area contributed by atoms with Crippen LogP contribution >= 0.6 is 0 Å². The molecule has 0 aromatic carbocycles. The lowest BCUT2D eigenvalue weighted by molar-refractivity contribution is 0.0470. The Labute approximate surface area is 88.3 Å². The van der Waals surface area contributed by atoms with Crippen molar-refractivity contribution in [1.29, 1.82) is 0 Å². The number of piperidine rings is 1. The van der Waals surface area contributed by atoms with Crippen LogP contribution in [-0.4, -0.2) is 48.1 Å². The van der Waals surface area contributed by atoms with Crippen molar-refractivity contribution in [2.24, 2.45) is 0 Å². The summed E-state index contributed by atoms with van der Waals surface area (Å²) in [6.45, 7) is 8.71. The Morgan fingerprint density at radius 2 is 1.93 bits per heavy atom. The molecule has 2 nitrogen and oxygen atoms in total. The zero-order chi connectivity index (χ0) is 10.2. The van der Waals surface area contributed by atoms with Crippen LogP contribution in [0.3, 0.4) is 0 Å². The van der Waals surface area contributed by atoms with Crippen molar-refractivity contribution in [3.05, 3.63) is 0 Å². The van der Waals surface area contributed by atoms with Crippen LogP contribution in [0.1, 0.15) is 39.5 Å². The molecule has 0 saturated carbocycles. The Balaban J connectivity index is 2.14. The standard InChI is InChI=1S/C12H24N2/c1-12(2)7-9-13(3)10-11-6-4-5-8-14(11)12/h11H,4-10H2,1-3H3. The summed E-state index contributed by atoms with van der Waals surface area (Å²) in [5.41, 5.74) is 0.426. The summed E-state index contributed by atoms with van der Waals surface area (Å²) >= 11 is 0. The van der Waals surface area contributed by atoms with Crippen LogP contribution in [0.4, 0.5) is 0 Å². The minimum Gasteiger partial charge on any atom is -0.305 e. The highest BCUT2D eigenvalue weighted by atomic mass is 15.3. The van der Waals surface area contributed by atoms with Crippen molar-refractivity contribution in [2.75, 3.05) is 26.7 Å². The van der Waals surface area contributed by atoms with Crippen LogP contribution in [0.25, 0.3) is 0 Å². The zero-order valence-electron chi connectivity index (χ0n) is 9.92. The van der Waals surface area contributed by atoms with E-state index in [2.05, 4.69) is 30.7 Å². The minimum atomic E-state index is 0.426. The van der Waals surface area contributed by atoms with E-state index in [-0.39, 0.29) is 0 Å². The van der Waals surface area contributed by atoms with Crippen molar-refractivity contribution in [2.45, 2.75) is 51.1 Å². The lowest BCUT2D eigenvalue weighted by atomic mass is 9.92. The van der Waals surface area contributed by atoms with E-state index in [1.165, 1.54) is 45.3 Å². The maximum atomic E-state index is 2.76. The molecule has 0 aliphatic carbocycles. The molecule has 82 valence electrons. The summed E-state index contributed by atoms with van der Waals surface area (Å²) in [6, 6.07) is 0.825. The summed E-state index contributed by atoms with van der Waals surface area (Å²) in [4.78, 5) is 5.28. The van der Waals surface area contributed by atoms with Gasteiger partial charge in [0.2, 0.25) is 0 Å². The van der Waals surface area contributed by atoms with Gasteiger partial charge in [-0.05, 0) is 53.2 Å². The van der Waals surface area contributed by atoms with Gasteiger partial charge in [-0.2, -0.15) is 0 Å². The van der Waals surface area contributed by atoms with Crippen molar-refractivity contribution >= 4 is 0 Å². The van der Waals surface area contributed by atoms with Crippen molar-refractivity contribution in [3.8, 4) is 0 Å². The Morgan fingerprint density at radius 3 is 2.71 bits per heavy atom. The van der Waals surface area contributed by atoms with Gasteiger partial charge >= 0.3 is 0 Å². The number of fused-ring (bicyclic) bond motifs is 1. The van der Waals surface area contributed by atoms with Gasteiger partial charge in [0.25, 0.3) is 0 Å². The summed E-state index contributed by atoms with van der Waals surface area (Å²) in [5.74, 6) is 0. The number of rotatable bonds is 0. The minimum absolute atomic E-state index is 0.426. The molecule has 0 radical (unpaired) electrons. The van der Waals surface area contributed by atoms with E-state index in [1.807, 2.05) is 0 Å². The molecule has 0 aromatic rings. The summed E-state index contributed by atoms with van der Waals surface area (Å²) in [6.07, 6.45) is 5.57. The normalized spacial score (nSPS) is 34.9. The third-order valence-electron chi connectivity index (χ3n) is 4.03. The lowest BCUT2D eigenvalue weighted by Gasteiger charge is -2.44. The number of likely N-dealkylation sites (N-methyl/N-ethyl adjacent to an activating group) is 1. The van der Waals surface area contributed by atoms with Crippen LogP contribution in [0, 0.1) is 0 Å². The molecule has 2 aliphatic heterocycles. The van der Waals surface area contributed by atoms with Gasteiger partial charge in [0, 0.05) is 18.1 Å². The van der Waals surface area contributed by atoms with Gasteiger partial charge in [-0.25, -0.2) is 0 Å². The fraction of sp³-hybridized carbons (Fsp3) is 1.00. The maximum absolute atomic E-state index is 2.76. The van der Waals surface area contributed by atoms with Crippen LogP contribution in [0.15, 0.2) is 0 Å². The molecule has 2 rings (SSSR count). The third kappa shape index (κ3) is 1.96. The Morgan fingerprint density at radius 1 is 1.14 bits per heavy atom. The topological polar surface area (TPSA) is 6.48 Å². The molecule has 0 aromatic heterocycles. The van der Waals surface area contributed by atoms with E-state index < -0.39 is 0 Å². The zero-order valence-corrected chi connectivity index (χ0v) is 9.92. The van der Waals surface area contributed by atoms with E-state index in [0.717, 1.165) is 6.04 Å². The van der Waals surface area contributed by atoms with E-state index in [4.69, 9.17) is 0 Å². The monoisotopic (exact) mass is 196 g/mol. The first-order chi connectivity index (χ1) is 6.59. The molecular weight excluding hydrogens is 172 g/mol. The molecule has 1 atom stereocenters. The largest absolute Gasteiger partial charge is 0.305 e. The molecule has 2 saturated heterocycles. The second kappa shape index (κ2) is 3.82. The second-order valence-electron chi connectivity index (χ2n) is 5.67. The molecule has 0 N–H and O–H groups in total. The smallest absolute Gasteiger partial charge is 0.0228 e. The van der Waals surface area contributed by atoms with Crippen molar-refractivity contribution < 1.29 is 0 Å². The molecule has 2 heteroatoms. The second-order valence-corrected chi connectivity index (χ2v) is 5.67. The highest BCUT2D eigenvalue weighted by Gasteiger charge is 2.36. The summed E-state index contributed by atoms with van der Waals surface area (Å²) in [7, 11) is 2.27. The van der Waals surface area contributed by atoms with Crippen LogP contribution < -0.4 is 0 Å². The van der Waals surface area contributed by atoms with Crippen molar-refractivity contribution in [1.82, 2.24) is 9.80 Å². The molecule has 0 spiro atoms. The van der Waals surface area contributed by atoms with Gasteiger partial charge in [0.15, 0.2) is 0 Å². The molecule has 0 amide bonds. The predicted octanol–water partition coefficient (Wildman–Crippen LogP) is 1.96. The van der Waals surface area contributed by atoms with Crippen LogP contribution in [0.5, 0.6) is 0 Å². The van der Waals surface area contributed by atoms with Gasteiger partial charge in [0.05, 0.1) is 0 Å². The van der Waals surface area contributed by atoms with Gasteiger partial charge in [-0.15, -0.1) is 0 Å². The summed E-state index contributed by atoms with van der Waals surface area (Å²) < 4.78 is 0. The number of nitrogens with zero attached hydrogens (tertiary/aromatic N) is 2. The fourth-order valence-corrected chi connectivity index (χ4v) is 3.05. The molecule has 14 heavy (non-hydrogen) atoms. The first kappa shape index (κ1) is 10.4. The van der Waals surface area contributed by atoms with E-state index in [0.29, 0.717) is 5.54 Å². The molecular formula is C12H24N2. The van der Waals surface area contributed by atoms with Gasteiger partial charge in [-0.3, -0.25) is 4.90 Å². The highest BCUT2D eigenvalue weighted by Crippen LogP contribution is 2.30. The van der Waals surface area contributed by atoms with Gasteiger partial charge in [0.1, 0.15) is 0 Å². The average molecular weight is 196 g/mol. The lowest BCUT2D eigenvalue weighted by Crippen LogP contribution is -2.52. The highest BCUT2D eigenvalue weighted by molar-refractivity contribution is 4.93. The Bertz CT molecular complexity index is 200. The van der Waals surface area contributed by atoms with Gasteiger partial charge < -0.3 is 4.90 Å². The van der Waals surface area contributed by atoms with Crippen LogP contribution in [-0.2, 0) is 0 Å². The molecule has 2 heterocycles. The first-order valence-electron chi connectivity index (χ1n) is 6.05. The molecule has 1 unspecified atom stereocenters. The molecule has 0 bridgehead atoms. The number of hydrogen-bond donors (Lipinski definition) is 0. The quantitative estimate of drug-likeness (QED) is 0.584. The third-order valence-corrected chi connectivity index (χ3v) is 4.03. The van der Waals surface area contributed by atoms with E-state index in [1.54, 1.807) is 0 Å².